The number of amides is 1. The van der Waals surface area contributed by atoms with Crippen LogP contribution in [0.3, 0.4) is 0 Å². The van der Waals surface area contributed by atoms with E-state index in [-0.39, 0.29) is 29.3 Å². The summed E-state index contributed by atoms with van der Waals surface area (Å²) in [6.07, 6.45) is 0. The van der Waals surface area contributed by atoms with E-state index in [1.807, 2.05) is 4.90 Å². The molecular formula is C22H26FN3O6S. The molecule has 0 saturated carbocycles. The number of benzene rings is 2. The minimum Gasteiger partial charge on any atom is -0.496 e. The molecule has 1 amide bonds. The summed E-state index contributed by atoms with van der Waals surface area (Å²) in [5.74, 6) is -0.987. The standard InChI is InChI=1S/C22H26FN3O6S/c1-30-21-5-2-16(23)14-18(21)22(27)24-19-15-17(33(28,29)26-8-12-32-13-9-26)3-4-20(19)25-6-10-31-11-7-25/h2-5,14-15H,6-13H2,1H3,(H,24,27). The van der Waals surface area contributed by atoms with Gasteiger partial charge in [-0.1, -0.05) is 0 Å². The van der Waals surface area contributed by atoms with Crippen molar-refractivity contribution in [1.82, 2.24) is 4.31 Å². The van der Waals surface area contributed by atoms with Gasteiger partial charge in [0.25, 0.3) is 5.91 Å². The molecule has 11 heteroatoms. The molecule has 1 N–H and O–H groups in total. The lowest BCUT2D eigenvalue weighted by Crippen LogP contribution is -2.40. The number of carbonyl (C=O) groups excluding carboxylic acids is 1. The van der Waals surface area contributed by atoms with E-state index in [9.17, 15) is 17.6 Å². The highest BCUT2D eigenvalue weighted by atomic mass is 32.2. The van der Waals surface area contributed by atoms with Crippen LogP contribution in [0.4, 0.5) is 15.8 Å². The normalized spacial score (nSPS) is 17.6. The highest BCUT2D eigenvalue weighted by Gasteiger charge is 2.28. The summed E-state index contributed by atoms with van der Waals surface area (Å²) < 4.78 is 57.4. The summed E-state index contributed by atoms with van der Waals surface area (Å²) in [5, 5.41) is 2.77. The Morgan fingerprint density at radius 3 is 2.33 bits per heavy atom. The van der Waals surface area contributed by atoms with Crippen molar-refractivity contribution in [3.8, 4) is 5.75 Å². The number of hydrogen-bond donors (Lipinski definition) is 1. The van der Waals surface area contributed by atoms with Gasteiger partial charge >= 0.3 is 0 Å². The average Bonchev–Trinajstić information content (AvgIpc) is 2.85. The monoisotopic (exact) mass is 479 g/mol. The van der Waals surface area contributed by atoms with Crippen LogP contribution in [0.5, 0.6) is 5.75 Å². The molecule has 9 nitrogen and oxygen atoms in total. The number of ether oxygens (including phenoxy) is 3. The molecule has 0 aromatic heterocycles. The molecule has 2 fully saturated rings. The number of sulfonamides is 1. The summed E-state index contributed by atoms with van der Waals surface area (Å²) in [6.45, 7) is 3.37. The van der Waals surface area contributed by atoms with Gasteiger partial charge in [0, 0.05) is 26.2 Å². The second kappa shape index (κ2) is 10.0. The number of morpholine rings is 2. The van der Waals surface area contributed by atoms with Crippen LogP contribution in [0.15, 0.2) is 41.3 Å². The van der Waals surface area contributed by atoms with Gasteiger partial charge in [-0.15, -0.1) is 0 Å². The van der Waals surface area contributed by atoms with Crippen molar-refractivity contribution in [1.29, 1.82) is 0 Å². The molecule has 0 atom stereocenters. The first kappa shape index (κ1) is 23.4. The molecule has 2 aliphatic heterocycles. The van der Waals surface area contributed by atoms with Crippen LogP contribution >= 0.6 is 0 Å². The summed E-state index contributed by atoms with van der Waals surface area (Å²) in [7, 11) is -2.39. The minimum atomic E-state index is -3.78. The third kappa shape index (κ3) is 5.11. The van der Waals surface area contributed by atoms with Crippen LogP contribution in [-0.4, -0.2) is 78.3 Å². The zero-order valence-electron chi connectivity index (χ0n) is 18.3. The zero-order valence-corrected chi connectivity index (χ0v) is 19.1. The average molecular weight is 480 g/mol. The van der Waals surface area contributed by atoms with Crippen LogP contribution in [0.1, 0.15) is 10.4 Å². The van der Waals surface area contributed by atoms with Crippen molar-refractivity contribution < 1.29 is 31.8 Å². The maximum absolute atomic E-state index is 13.8. The third-order valence-electron chi connectivity index (χ3n) is 5.58. The molecule has 0 spiro atoms. The van der Waals surface area contributed by atoms with E-state index in [0.717, 1.165) is 6.07 Å². The van der Waals surface area contributed by atoms with Crippen molar-refractivity contribution in [3.05, 3.63) is 47.8 Å². The fraction of sp³-hybridized carbons (Fsp3) is 0.409. The molecule has 178 valence electrons. The number of halogens is 1. The summed E-state index contributed by atoms with van der Waals surface area (Å²) in [5.41, 5.74) is 0.970. The van der Waals surface area contributed by atoms with Gasteiger partial charge in [-0.3, -0.25) is 4.79 Å². The number of carbonyl (C=O) groups is 1. The first-order chi connectivity index (χ1) is 15.9. The lowest BCUT2D eigenvalue weighted by Gasteiger charge is -2.31. The van der Waals surface area contributed by atoms with Gasteiger partial charge in [-0.2, -0.15) is 4.31 Å². The van der Waals surface area contributed by atoms with Crippen LogP contribution in [-0.2, 0) is 19.5 Å². The Balaban J connectivity index is 1.71. The number of anilines is 2. The maximum Gasteiger partial charge on any atom is 0.259 e. The smallest absolute Gasteiger partial charge is 0.259 e. The Labute approximate surface area is 192 Å². The number of nitrogens with one attached hydrogen (secondary N) is 1. The highest BCUT2D eigenvalue weighted by molar-refractivity contribution is 7.89. The van der Waals surface area contributed by atoms with E-state index in [1.165, 1.54) is 35.7 Å². The third-order valence-corrected chi connectivity index (χ3v) is 7.48. The van der Waals surface area contributed by atoms with Gasteiger partial charge in [-0.05, 0) is 36.4 Å². The van der Waals surface area contributed by atoms with Crippen molar-refractivity contribution in [3.63, 3.8) is 0 Å². The summed E-state index contributed by atoms with van der Waals surface area (Å²) in [4.78, 5) is 15.1. The molecular weight excluding hydrogens is 453 g/mol. The highest BCUT2D eigenvalue weighted by Crippen LogP contribution is 2.32. The van der Waals surface area contributed by atoms with Gasteiger partial charge in [0.2, 0.25) is 10.0 Å². The first-order valence-corrected chi connectivity index (χ1v) is 12.0. The van der Waals surface area contributed by atoms with Crippen molar-refractivity contribution in [2.75, 3.05) is 69.9 Å². The van der Waals surface area contributed by atoms with E-state index in [2.05, 4.69) is 5.32 Å². The molecule has 0 radical (unpaired) electrons. The van der Waals surface area contributed by atoms with Crippen LogP contribution in [0.25, 0.3) is 0 Å². The fourth-order valence-electron chi connectivity index (χ4n) is 3.84. The van der Waals surface area contributed by atoms with E-state index in [0.29, 0.717) is 50.9 Å². The molecule has 2 heterocycles. The fourth-order valence-corrected chi connectivity index (χ4v) is 5.27. The Morgan fingerprint density at radius 2 is 1.67 bits per heavy atom. The van der Waals surface area contributed by atoms with Gasteiger partial charge < -0.3 is 24.4 Å². The van der Waals surface area contributed by atoms with E-state index in [1.54, 1.807) is 6.07 Å². The minimum absolute atomic E-state index is 0.00636. The van der Waals surface area contributed by atoms with Crippen LogP contribution in [0.2, 0.25) is 0 Å². The largest absolute Gasteiger partial charge is 0.496 e. The SMILES string of the molecule is COc1ccc(F)cc1C(=O)Nc1cc(S(=O)(=O)N2CCOCC2)ccc1N1CCOCC1. The number of nitrogens with zero attached hydrogens (tertiary/aromatic N) is 2. The Morgan fingerprint density at radius 1 is 1.00 bits per heavy atom. The number of methoxy groups -OCH3 is 1. The second-order valence-electron chi connectivity index (χ2n) is 7.59. The molecule has 0 bridgehead atoms. The molecule has 2 aromatic rings. The summed E-state index contributed by atoms with van der Waals surface area (Å²) in [6, 6.07) is 8.30. The Bertz CT molecular complexity index is 1120. The van der Waals surface area contributed by atoms with Gasteiger partial charge in [0.05, 0.1) is 55.4 Å². The Hall–Kier alpha value is -2.73. The van der Waals surface area contributed by atoms with Gasteiger partial charge in [0.15, 0.2) is 0 Å². The number of hydrogen-bond acceptors (Lipinski definition) is 7. The number of rotatable bonds is 6. The van der Waals surface area contributed by atoms with Crippen molar-refractivity contribution in [2.24, 2.45) is 0 Å². The molecule has 0 aliphatic carbocycles. The lowest BCUT2D eigenvalue weighted by molar-refractivity contribution is 0.0730. The van der Waals surface area contributed by atoms with Gasteiger partial charge in [0.1, 0.15) is 11.6 Å². The van der Waals surface area contributed by atoms with Crippen molar-refractivity contribution in [2.45, 2.75) is 4.90 Å². The predicted octanol–water partition coefficient (Wildman–Crippen LogP) is 1.94. The lowest BCUT2D eigenvalue weighted by atomic mass is 10.1. The molecule has 33 heavy (non-hydrogen) atoms. The van der Waals surface area contributed by atoms with Crippen LogP contribution in [0, 0.1) is 5.82 Å². The molecule has 2 aromatic carbocycles. The summed E-state index contributed by atoms with van der Waals surface area (Å²) >= 11 is 0. The maximum atomic E-state index is 13.8. The first-order valence-electron chi connectivity index (χ1n) is 10.6. The quantitative estimate of drug-likeness (QED) is 0.676. The van der Waals surface area contributed by atoms with Gasteiger partial charge in [-0.25, -0.2) is 12.8 Å². The molecule has 0 unspecified atom stereocenters. The van der Waals surface area contributed by atoms with Crippen LogP contribution < -0.4 is 15.0 Å². The van der Waals surface area contributed by atoms with E-state index in [4.69, 9.17) is 14.2 Å². The van der Waals surface area contributed by atoms with E-state index >= 15 is 0 Å². The predicted molar refractivity (Wildman–Crippen MR) is 120 cm³/mol. The van der Waals surface area contributed by atoms with E-state index < -0.39 is 21.7 Å². The van der Waals surface area contributed by atoms with Crippen molar-refractivity contribution >= 4 is 27.3 Å². The molecule has 2 aliphatic rings. The topological polar surface area (TPSA) is 97.4 Å². The second-order valence-corrected chi connectivity index (χ2v) is 9.53. The Kier molecular flexibility index (Phi) is 7.13. The molecule has 2 saturated heterocycles. The molecule has 4 rings (SSSR count). The zero-order chi connectivity index (χ0) is 23.4.